The van der Waals surface area contributed by atoms with Gasteiger partial charge in [-0.15, -0.1) is 0 Å². The standard InChI is InChI=1S/C22H37N9O5/c1-12(2)17(20(34)31-8-4-6-16(31)21(35)36)30-19(33)15(9-13-10-26-11-28-13)29-18(32)14(23)5-3-7-27-22(24)25/h10-12,14-17H,3-9,23H2,1-2H3,(H,26,28)(H,29,32)(H,30,33)(H,35,36)(H4,24,25,27). The Balaban J connectivity index is 2.11. The summed E-state index contributed by atoms with van der Waals surface area (Å²) in [6.07, 6.45) is 4.74. The van der Waals surface area contributed by atoms with Crippen molar-refractivity contribution in [3.63, 3.8) is 0 Å². The van der Waals surface area contributed by atoms with Crippen LogP contribution < -0.4 is 27.8 Å². The second-order valence-electron chi connectivity index (χ2n) is 9.16. The lowest BCUT2D eigenvalue weighted by Gasteiger charge is -2.30. The van der Waals surface area contributed by atoms with Crippen molar-refractivity contribution in [2.45, 2.75) is 70.1 Å². The molecule has 3 amide bonds. The number of amides is 3. The number of aliphatic imine (C=N–C) groups is 1. The van der Waals surface area contributed by atoms with Crippen molar-refractivity contribution in [2.24, 2.45) is 28.1 Å². The highest BCUT2D eigenvalue weighted by Crippen LogP contribution is 2.20. The van der Waals surface area contributed by atoms with Gasteiger partial charge in [0, 0.05) is 31.4 Å². The van der Waals surface area contributed by atoms with Crippen LogP contribution in [0.3, 0.4) is 0 Å². The van der Waals surface area contributed by atoms with Gasteiger partial charge in [-0.25, -0.2) is 9.78 Å². The number of rotatable bonds is 13. The van der Waals surface area contributed by atoms with E-state index in [4.69, 9.17) is 17.2 Å². The van der Waals surface area contributed by atoms with Gasteiger partial charge >= 0.3 is 5.97 Å². The number of aromatic amines is 1. The van der Waals surface area contributed by atoms with Gasteiger partial charge in [0.1, 0.15) is 18.1 Å². The summed E-state index contributed by atoms with van der Waals surface area (Å²) >= 11 is 0. The van der Waals surface area contributed by atoms with Gasteiger partial charge < -0.3 is 42.8 Å². The van der Waals surface area contributed by atoms with Gasteiger partial charge in [-0.3, -0.25) is 19.4 Å². The number of carbonyl (C=O) groups excluding carboxylic acids is 3. The van der Waals surface area contributed by atoms with Crippen molar-refractivity contribution >= 4 is 29.7 Å². The Morgan fingerprint density at radius 1 is 1.25 bits per heavy atom. The molecule has 0 spiro atoms. The summed E-state index contributed by atoms with van der Waals surface area (Å²) in [5, 5.41) is 14.8. The molecular formula is C22H37N9O5. The molecule has 0 radical (unpaired) electrons. The lowest BCUT2D eigenvalue weighted by molar-refractivity contribution is -0.150. The molecule has 0 aromatic carbocycles. The first-order chi connectivity index (χ1) is 17.0. The number of nitrogens with zero attached hydrogens (tertiary/aromatic N) is 3. The number of carboxylic acid groups (broad SMARTS) is 1. The average molecular weight is 508 g/mol. The van der Waals surface area contributed by atoms with Crippen molar-refractivity contribution < 1.29 is 24.3 Å². The molecule has 10 N–H and O–H groups in total. The quantitative estimate of drug-likeness (QED) is 0.0889. The maximum absolute atomic E-state index is 13.3. The fraction of sp³-hybridized carbons (Fsp3) is 0.636. The van der Waals surface area contributed by atoms with E-state index in [1.807, 2.05) is 0 Å². The van der Waals surface area contributed by atoms with E-state index in [2.05, 4.69) is 25.6 Å². The van der Waals surface area contributed by atoms with Gasteiger partial charge in [-0.05, 0) is 31.6 Å². The minimum atomic E-state index is -1.08. The molecule has 1 aliphatic rings. The van der Waals surface area contributed by atoms with Crippen molar-refractivity contribution in [3.05, 3.63) is 18.2 Å². The first kappa shape index (κ1) is 28.6. The van der Waals surface area contributed by atoms with E-state index in [9.17, 15) is 24.3 Å². The highest BCUT2D eigenvalue weighted by atomic mass is 16.4. The van der Waals surface area contributed by atoms with E-state index in [0.717, 1.165) is 0 Å². The highest BCUT2D eigenvalue weighted by Gasteiger charge is 2.39. The Kier molecular flexibility index (Phi) is 10.6. The molecule has 200 valence electrons. The van der Waals surface area contributed by atoms with E-state index in [1.54, 1.807) is 13.8 Å². The van der Waals surface area contributed by atoms with E-state index in [0.29, 0.717) is 44.5 Å². The maximum Gasteiger partial charge on any atom is 0.326 e. The molecule has 1 saturated heterocycles. The Hall–Kier alpha value is -3.68. The first-order valence-electron chi connectivity index (χ1n) is 11.9. The summed E-state index contributed by atoms with van der Waals surface area (Å²) in [5.41, 5.74) is 17.2. The Labute approximate surface area is 209 Å². The molecule has 2 heterocycles. The van der Waals surface area contributed by atoms with E-state index < -0.39 is 47.9 Å². The third kappa shape index (κ3) is 8.22. The van der Waals surface area contributed by atoms with Crippen molar-refractivity contribution in [1.82, 2.24) is 25.5 Å². The Bertz CT molecular complexity index is 930. The van der Waals surface area contributed by atoms with Crippen LogP contribution in [-0.2, 0) is 25.6 Å². The number of imidazole rings is 1. The monoisotopic (exact) mass is 507 g/mol. The number of hydrogen-bond acceptors (Lipinski definition) is 7. The Morgan fingerprint density at radius 3 is 2.56 bits per heavy atom. The minimum absolute atomic E-state index is 0.0535. The van der Waals surface area contributed by atoms with Gasteiger partial charge in [0.05, 0.1) is 12.4 Å². The van der Waals surface area contributed by atoms with Crippen LogP contribution in [0, 0.1) is 5.92 Å². The molecule has 0 bridgehead atoms. The molecule has 1 aromatic rings. The van der Waals surface area contributed by atoms with Crippen LogP contribution >= 0.6 is 0 Å². The SMILES string of the molecule is CC(C)C(NC(=O)C(Cc1cnc[nH]1)NC(=O)C(N)CCCN=C(N)N)C(=O)N1CCCC1C(=O)O. The van der Waals surface area contributed by atoms with Crippen molar-refractivity contribution in [1.29, 1.82) is 0 Å². The van der Waals surface area contributed by atoms with Crippen LogP contribution in [0.2, 0.25) is 0 Å². The number of carbonyl (C=O) groups is 4. The second-order valence-corrected chi connectivity index (χ2v) is 9.16. The van der Waals surface area contributed by atoms with Crippen LogP contribution in [0.5, 0.6) is 0 Å². The van der Waals surface area contributed by atoms with Gasteiger partial charge in [-0.1, -0.05) is 13.8 Å². The molecule has 1 aliphatic heterocycles. The third-order valence-electron chi connectivity index (χ3n) is 5.97. The third-order valence-corrected chi connectivity index (χ3v) is 5.97. The number of nitrogens with one attached hydrogen (secondary N) is 3. The molecule has 1 aromatic heterocycles. The molecule has 4 atom stereocenters. The van der Waals surface area contributed by atoms with Crippen molar-refractivity contribution in [3.8, 4) is 0 Å². The highest BCUT2D eigenvalue weighted by molar-refractivity contribution is 5.94. The molecule has 14 nitrogen and oxygen atoms in total. The summed E-state index contributed by atoms with van der Waals surface area (Å²) < 4.78 is 0. The summed E-state index contributed by atoms with van der Waals surface area (Å²) in [4.78, 5) is 62.7. The first-order valence-corrected chi connectivity index (χ1v) is 11.9. The molecular weight excluding hydrogens is 470 g/mol. The lowest BCUT2D eigenvalue weighted by atomic mass is 10.0. The number of likely N-dealkylation sites (tertiary alicyclic amines) is 1. The molecule has 2 rings (SSSR count). The molecule has 36 heavy (non-hydrogen) atoms. The molecule has 14 heteroatoms. The van der Waals surface area contributed by atoms with Gasteiger partial charge in [0.2, 0.25) is 17.7 Å². The number of guanidine groups is 1. The van der Waals surface area contributed by atoms with Gasteiger partial charge in [0.15, 0.2) is 5.96 Å². The fourth-order valence-corrected chi connectivity index (χ4v) is 3.99. The van der Waals surface area contributed by atoms with E-state index in [-0.39, 0.29) is 18.3 Å². The number of nitrogens with two attached hydrogens (primary N) is 3. The van der Waals surface area contributed by atoms with E-state index >= 15 is 0 Å². The zero-order valence-corrected chi connectivity index (χ0v) is 20.6. The van der Waals surface area contributed by atoms with Crippen LogP contribution in [0.15, 0.2) is 17.5 Å². The summed E-state index contributed by atoms with van der Waals surface area (Å²) in [7, 11) is 0. The topological polar surface area (TPSA) is 235 Å². The lowest BCUT2D eigenvalue weighted by Crippen LogP contribution is -2.59. The zero-order valence-electron chi connectivity index (χ0n) is 20.6. The smallest absolute Gasteiger partial charge is 0.326 e. The number of hydrogen-bond donors (Lipinski definition) is 7. The fourth-order valence-electron chi connectivity index (χ4n) is 3.99. The largest absolute Gasteiger partial charge is 0.480 e. The molecule has 4 unspecified atom stereocenters. The Morgan fingerprint density at radius 2 is 1.97 bits per heavy atom. The molecule has 0 aliphatic carbocycles. The molecule has 1 fully saturated rings. The minimum Gasteiger partial charge on any atom is -0.480 e. The maximum atomic E-state index is 13.3. The van der Waals surface area contributed by atoms with Crippen LogP contribution in [0.4, 0.5) is 0 Å². The number of aliphatic carboxylic acids is 1. The summed E-state index contributed by atoms with van der Waals surface area (Å²) in [6, 6.07) is -3.84. The predicted octanol–water partition coefficient (Wildman–Crippen LogP) is -1.97. The van der Waals surface area contributed by atoms with Crippen molar-refractivity contribution in [2.75, 3.05) is 13.1 Å². The van der Waals surface area contributed by atoms with Crippen LogP contribution in [-0.4, -0.2) is 86.9 Å². The number of H-pyrrole nitrogens is 1. The normalized spacial score (nSPS) is 17.8. The average Bonchev–Trinajstić information content (AvgIpc) is 3.51. The summed E-state index contributed by atoms with van der Waals surface area (Å²) in [5.74, 6) is -3.06. The molecule has 0 saturated carbocycles. The predicted molar refractivity (Wildman–Crippen MR) is 131 cm³/mol. The number of aromatic nitrogens is 2. The van der Waals surface area contributed by atoms with Gasteiger partial charge in [0.25, 0.3) is 0 Å². The number of carboxylic acids is 1. The van der Waals surface area contributed by atoms with Gasteiger partial charge in [-0.2, -0.15) is 0 Å². The second kappa shape index (κ2) is 13.4. The van der Waals surface area contributed by atoms with Crippen LogP contribution in [0.25, 0.3) is 0 Å². The zero-order chi connectivity index (χ0) is 26.8. The van der Waals surface area contributed by atoms with E-state index in [1.165, 1.54) is 17.4 Å². The van der Waals surface area contributed by atoms with Crippen LogP contribution in [0.1, 0.15) is 45.2 Å². The summed E-state index contributed by atoms with van der Waals surface area (Å²) in [6.45, 7) is 4.12.